The molecule has 1 atom stereocenters. The fourth-order valence-electron chi connectivity index (χ4n) is 2.13. The van der Waals surface area contributed by atoms with Gasteiger partial charge in [0.05, 0.1) is 6.04 Å². The zero-order valence-corrected chi connectivity index (χ0v) is 14.7. The Balaban J connectivity index is 0.00000312. The fraction of sp³-hybridized carbons (Fsp3) is 0.263. The Bertz CT molecular complexity index is 650. The topological polar surface area (TPSA) is 81.4 Å². The lowest BCUT2D eigenvalue weighted by molar-refractivity contribution is -0.145. The van der Waals surface area contributed by atoms with Crippen LogP contribution in [-0.2, 0) is 27.5 Å². The highest BCUT2D eigenvalue weighted by molar-refractivity contribution is 5.85. The summed E-state index contributed by atoms with van der Waals surface area (Å²) in [5.41, 5.74) is 7.74. The second-order valence-electron chi connectivity index (χ2n) is 5.49. The van der Waals surface area contributed by atoms with Gasteiger partial charge in [0.2, 0.25) is 5.91 Å². The summed E-state index contributed by atoms with van der Waals surface area (Å²) < 4.78 is 5.16. The first kappa shape index (κ1) is 20.7. The van der Waals surface area contributed by atoms with E-state index in [9.17, 15) is 9.59 Å². The molecule has 0 aliphatic rings. The molecule has 1 amide bonds. The second-order valence-corrected chi connectivity index (χ2v) is 5.49. The van der Waals surface area contributed by atoms with Crippen molar-refractivity contribution in [2.45, 2.75) is 32.0 Å². The molecule has 0 unspecified atom stereocenters. The van der Waals surface area contributed by atoms with E-state index in [0.29, 0.717) is 6.54 Å². The minimum atomic E-state index is -0.724. The van der Waals surface area contributed by atoms with Gasteiger partial charge in [-0.15, -0.1) is 12.4 Å². The van der Waals surface area contributed by atoms with Crippen molar-refractivity contribution in [3.63, 3.8) is 0 Å². The molecule has 0 aliphatic heterocycles. The van der Waals surface area contributed by atoms with E-state index in [1.54, 1.807) is 0 Å². The molecule has 134 valence electrons. The quantitative estimate of drug-likeness (QED) is 0.707. The third-order valence-corrected chi connectivity index (χ3v) is 3.55. The third kappa shape index (κ3) is 7.83. The SMILES string of the molecule is Cl.N[C@@H](CCC(=O)OCc1ccccc1)C(=O)NCc1ccccc1. The first-order valence-corrected chi connectivity index (χ1v) is 7.92. The van der Waals surface area contributed by atoms with Gasteiger partial charge in [-0.05, 0) is 17.5 Å². The zero-order chi connectivity index (χ0) is 17.2. The summed E-state index contributed by atoms with van der Waals surface area (Å²) in [5, 5.41) is 2.76. The van der Waals surface area contributed by atoms with Crippen LogP contribution in [0.25, 0.3) is 0 Å². The highest BCUT2D eigenvalue weighted by atomic mass is 35.5. The van der Waals surface area contributed by atoms with E-state index in [-0.39, 0.29) is 43.7 Å². The summed E-state index contributed by atoms with van der Waals surface area (Å²) in [4.78, 5) is 23.6. The molecule has 2 rings (SSSR count). The second kappa shape index (κ2) is 11.2. The lowest BCUT2D eigenvalue weighted by atomic mass is 10.1. The standard InChI is InChI=1S/C19H22N2O3.ClH/c20-17(19(23)21-13-15-7-3-1-4-8-15)11-12-18(22)24-14-16-9-5-2-6-10-16;/h1-10,17H,11-14,20H2,(H,21,23);1H/t17-;/m0./s1. The molecule has 0 aromatic heterocycles. The number of nitrogens with two attached hydrogens (primary N) is 1. The summed E-state index contributed by atoms with van der Waals surface area (Å²) in [6.07, 6.45) is 0.376. The van der Waals surface area contributed by atoms with Crippen LogP contribution in [0.3, 0.4) is 0 Å². The highest BCUT2D eigenvalue weighted by Gasteiger charge is 2.15. The molecule has 0 radical (unpaired) electrons. The monoisotopic (exact) mass is 362 g/mol. The van der Waals surface area contributed by atoms with Crippen molar-refractivity contribution >= 4 is 24.3 Å². The number of carbonyl (C=O) groups excluding carboxylic acids is 2. The first-order chi connectivity index (χ1) is 11.6. The predicted octanol–water partition coefficient (Wildman–Crippen LogP) is 2.58. The molecule has 0 saturated carbocycles. The predicted molar refractivity (Wildman–Crippen MR) is 99.0 cm³/mol. The van der Waals surface area contributed by atoms with Gasteiger partial charge >= 0.3 is 5.97 Å². The lowest BCUT2D eigenvalue weighted by Gasteiger charge is -2.12. The van der Waals surface area contributed by atoms with Crippen molar-refractivity contribution in [1.82, 2.24) is 5.32 Å². The van der Waals surface area contributed by atoms with E-state index in [4.69, 9.17) is 10.5 Å². The van der Waals surface area contributed by atoms with Gasteiger partial charge in [-0.1, -0.05) is 60.7 Å². The molecule has 3 N–H and O–H groups in total. The molecule has 2 aromatic rings. The van der Waals surface area contributed by atoms with Crippen molar-refractivity contribution in [2.75, 3.05) is 0 Å². The summed E-state index contributed by atoms with van der Waals surface area (Å²) in [5.74, 6) is -0.625. The molecule has 0 aliphatic carbocycles. The fourth-order valence-corrected chi connectivity index (χ4v) is 2.13. The average molecular weight is 363 g/mol. The smallest absolute Gasteiger partial charge is 0.306 e. The number of esters is 1. The molecular weight excluding hydrogens is 340 g/mol. The van der Waals surface area contributed by atoms with Crippen LogP contribution in [0.5, 0.6) is 0 Å². The van der Waals surface area contributed by atoms with Gasteiger partial charge in [-0.25, -0.2) is 0 Å². The molecule has 0 spiro atoms. The van der Waals surface area contributed by atoms with Crippen LogP contribution in [0.2, 0.25) is 0 Å². The molecule has 2 aromatic carbocycles. The van der Waals surface area contributed by atoms with E-state index in [0.717, 1.165) is 11.1 Å². The zero-order valence-electron chi connectivity index (χ0n) is 13.9. The van der Waals surface area contributed by atoms with E-state index < -0.39 is 6.04 Å². The van der Waals surface area contributed by atoms with Gasteiger partial charge in [0, 0.05) is 13.0 Å². The van der Waals surface area contributed by atoms with Crippen LogP contribution in [0.4, 0.5) is 0 Å². The van der Waals surface area contributed by atoms with Crippen LogP contribution in [0.1, 0.15) is 24.0 Å². The van der Waals surface area contributed by atoms with Crippen molar-refractivity contribution in [3.8, 4) is 0 Å². The van der Waals surface area contributed by atoms with E-state index in [1.807, 2.05) is 60.7 Å². The van der Waals surface area contributed by atoms with Crippen LogP contribution in [0, 0.1) is 0 Å². The maximum atomic E-state index is 11.9. The number of rotatable bonds is 8. The van der Waals surface area contributed by atoms with Crippen molar-refractivity contribution < 1.29 is 14.3 Å². The Hall–Kier alpha value is -2.37. The Morgan fingerprint density at radius 3 is 2.12 bits per heavy atom. The summed E-state index contributed by atoms with van der Waals surface area (Å²) in [6, 6.07) is 18.3. The summed E-state index contributed by atoms with van der Waals surface area (Å²) in [6.45, 7) is 0.654. The first-order valence-electron chi connectivity index (χ1n) is 7.92. The van der Waals surface area contributed by atoms with E-state index >= 15 is 0 Å². The number of hydrogen-bond donors (Lipinski definition) is 2. The van der Waals surface area contributed by atoms with Crippen LogP contribution < -0.4 is 11.1 Å². The number of hydrogen-bond acceptors (Lipinski definition) is 4. The van der Waals surface area contributed by atoms with Crippen molar-refractivity contribution in [2.24, 2.45) is 5.73 Å². The minimum absolute atomic E-state index is 0. The number of carbonyl (C=O) groups is 2. The molecule has 0 heterocycles. The van der Waals surface area contributed by atoms with E-state index in [2.05, 4.69) is 5.32 Å². The number of benzene rings is 2. The Labute approximate surface area is 154 Å². The maximum absolute atomic E-state index is 11.9. The third-order valence-electron chi connectivity index (χ3n) is 3.55. The minimum Gasteiger partial charge on any atom is -0.461 e. The Kier molecular flexibility index (Phi) is 9.29. The summed E-state index contributed by atoms with van der Waals surface area (Å²) >= 11 is 0. The van der Waals surface area contributed by atoms with Gasteiger partial charge in [-0.3, -0.25) is 9.59 Å². The van der Waals surface area contributed by atoms with Crippen molar-refractivity contribution in [3.05, 3.63) is 71.8 Å². The van der Waals surface area contributed by atoms with Crippen LogP contribution in [-0.4, -0.2) is 17.9 Å². The normalized spacial score (nSPS) is 11.1. The van der Waals surface area contributed by atoms with Gasteiger partial charge in [-0.2, -0.15) is 0 Å². The van der Waals surface area contributed by atoms with Crippen LogP contribution >= 0.6 is 12.4 Å². The average Bonchev–Trinajstić information content (AvgIpc) is 2.64. The van der Waals surface area contributed by atoms with E-state index in [1.165, 1.54) is 0 Å². The maximum Gasteiger partial charge on any atom is 0.306 e. The van der Waals surface area contributed by atoms with Gasteiger partial charge in [0.25, 0.3) is 0 Å². The number of amides is 1. The molecule has 0 fully saturated rings. The number of halogens is 1. The van der Waals surface area contributed by atoms with Crippen LogP contribution in [0.15, 0.2) is 60.7 Å². The largest absolute Gasteiger partial charge is 0.461 e. The Morgan fingerprint density at radius 2 is 1.52 bits per heavy atom. The summed E-state index contributed by atoms with van der Waals surface area (Å²) in [7, 11) is 0. The Morgan fingerprint density at radius 1 is 0.960 bits per heavy atom. The molecule has 6 heteroatoms. The number of nitrogens with one attached hydrogen (secondary N) is 1. The highest BCUT2D eigenvalue weighted by Crippen LogP contribution is 2.04. The van der Waals surface area contributed by atoms with Gasteiger partial charge in [0.1, 0.15) is 6.61 Å². The van der Waals surface area contributed by atoms with Gasteiger partial charge < -0.3 is 15.8 Å². The lowest BCUT2D eigenvalue weighted by Crippen LogP contribution is -2.40. The molecule has 0 bridgehead atoms. The molecule has 25 heavy (non-hydrogen) atoms. The van der Waals surface area contributed by atoms with Crippen molar-refractivity contribution in [1.29, 1.82) is 0 Å². The molecular formula is C19H23ClN2O3. The number of ether oxygens (including phenoxy) is 1. The van der Waals surface area contributed by atoms with Gasteiger partial charge in [0.15, 0.2) is 0 Å². The molecule has 5 nitrogen and oxygen atoms in total. The molecule has 0 saturated heterocycles.